The van der Waals surface area contributed by atoms with Gasteiger partial charge in [0.05, 0.1) is 5.69 Å². The second-order valence-electron chi connectivity index (χ2n) is 3.60. The SMILES string of the molecule is CCc1cccc(CC)c1N(C=NN)C(N)=O. The van der Waals surface area contributed by atoms with Crippen LogP contribution in [0.15, 0.2) is 23.3 Å². The Morgan fingerprint density at radius 3 is 2.24 bits per heavy atom. The van der Waals surface area contributed by atoms with Crippen LogP contribution in [-0.2, 0) is 12.8 Å². The first-order valence-corrected chi connectivity index (χ1v) is 5.58. The molecule has 4 N–H and O–H groups in total. The Kier molecular flexibility index (Phi) is 4.51. The van der Waals surface area contributed by atoms with Crippen molar-refractivity contribution in [1.82, 2.24) is 0 Å². The molecule has 0 atom stereocenters. The summed E-state index contributed by atoms with van der Waals surface area (Å²) in [6.07, 6.45) is 2.87. The number of anilines is 1. The van der Waals surface area contributed by atoms with Crippen molar-refractivity contribution in [3.8, 4) is 0 Å². The number of nitrogens with zero attached hydrogens (tertiary/aromatic N) is 2. The largest absolute Gasteiger partial charge is 0.351 e. The molecular formula is C12H18N4O. The molecule has 0 unspecified atom stereocenters. The monoisotopic (exact) mass is 234 g/mol. The minimum absolute atomic E-state index is 0.588. The quantitative estimate of drug-likeness (QED) is 0.359. The van der Waals surface area contributed by atoms with Crippen molar-refractivity contribution in [1.29, 1.82) is 0 Å². The number of urea groups is 1. The van der Waals surface area contributed by atoms with E-state index in [-0.39, 0.29) is 0 Å². The van der Waals surface area contributed by atoms with Crippen molar-refractivity contribution >= 4 is 18.1 Å². The van der Waals surface area contributed by atoms with Gasteiger partial charge in [-0.1, -0.05) is 32.0 Å². The summed E-state index contributed by atoms with van der Waals surface area (Å²) in [4.78, 5) is 12.7. The van der Waals surface area contributed by atoms with Gasteiger partial charge in [0.1, 0.15) is 6.34 Å². The molecule has 0 radical (unpaired) electrons. The van der Waals surface area contributed by atoms with Crippen LogP contribution in [0.4, 0.5) is 10.5 Å². The summed E-state index contributed by atoms with van der Waals surface area (Å²) >= 11 is 0. The molecule has 92 valence electrons. The predicted octanol–water partition coefficient (Wildman–Crippen LogP) is 1.60. The van der Waals surface area contributed by atoms with Gasteiger partial charge in [0.2, 0.25) is 0 Å². The molecule has 1 rings (SSSR count). The van der Waals surface area contributed by atoms with E-state index < -0.39 is 6.03 Å². The van der Waals surface area contributed by atoms with Crippen LogP contribution in [0.1, 0.15) is 25.0 Å². The van der Waals surface area contributed by atoms with E-state index in [1.54, 1.807) is 0 Å². The molecule has 0 bridgehead atoms. The highest BCUT2D eigenvalue weighted by Crippen LogP contribution is 2.26. The van der Waals surface area contributed by atoms with Gasteiger partial charge in [-0.05, 0) is 24.0 Å². The average Bonchev–Trinajstić information content (AvgIpc) is 2.34. The molecular weight excluding hydrogens is 216 g/mol. The highest BCUT2D eigenvalue weighted by molar-refractivity contribution is 6.08. The number of para-hydroxylation sites is 1. The van der Waals surface area contributed by atoms with Gasteiger partial charge in [-0.2, -0.15) is 5.10 Å². The minimum Gasteiger partial charge on any atom is -0.351 e. The second-order valence-corrected chi connectivity index (χ2v) is 3.60. The summed E-state index contributed by atoms with van der Waals surface area (Å²) in [6.45, 7) is 4.05. The summed E-state index contributed by atoms with van der Waals surface area (Å²) in [6, 6.07) is 5.32. The number of carbonyl (C=O) groups is 1. The lowest BCUT2D eigenvalue weighted by Crippen LogP contribution is -2.36. The molecule has 5 nitrogen and oxygen atoms in total. The molecule has 5 heteroatoms. The summed E-state index contributed by atoms with van der Waals surface area (Å²) in [7, 11) is 0. The fraction of sp³-hybridized carbons (Fsp3) is 0.333. The lowest BCUT2D eigenvalue weighted by Gasteiger charge is -2.21. The second kappa shape index (κ2) is 5.89. The maximum Gasteiger partial charge on any atom is 0.324 e. The first-order chi connectivity index (χ1) is 8.15. The molecule has 1 aromatic carbocycles. The Balaban J connectivity index is 3.38. The third kappa shape index (κ3) is 2.75. The number of benzene rings is 1. The number of rotatable bonds is 4. The van der Waals surface area contributed by atoms with Gasteiger partial charge in [0, 0.05) is 0 Å². The van der Waals surface area contributed by atoms with Crippen LogP contribution in [0.25, 0.3) is 0 Å². The van der Waals surface area contributed by atoms with Gasteiger partial charge in [-0.25, -0.2) is 4.79 Å². The summed E-state index contributed by atoms with van der Waals surface area (Å²) in [5, 5.41) is 3.38. The maximum absolute atomic E-state index is 11.4. The number of hydrogen-bond acceptors (Lipinski definition) is 3. The Morgan fingerprint density at radius 1 is 1.35 bits per heavy atom. The van der Waals surface area contributed by atoms with Crippen molar-refractivity contribution in [3.05, 3.63) is 29.3 Å². The van der Waals surface area contributed by atoms with Crippen molar-refractivity contribution in [2.45, 2.75) is 26.7 Å². The van der Waals surface area contributed by atoms with E-state index in [9.17, 15) is 4.79 Å². The predicted molar refractivity (Wildman–Crippen MR) is 69.9 cm³/mol. The van der Waals surface area contributed by atoms with Gasteiger partial charge >= 0.3 is 6.03 Å². The molecule has 0 aliphatic rings. The first kappa shape index (κ1) is 13.0. The van der Waals surface area contributed by atoms with E-state index in [0.29, 0.717) is 0 Å². The Labute approximate surface area is 101 Å². The van der Waals surface area contributed by atoms with Crippen LogP contribution in [-0.4, -0.2) is 12.4 Å². The lowest BCUT2D eigenvalue weighted by atomic mass is 10.0. The highest BCUT2D eigenvalue weighted by Gasteiger charge is 2.16. The molecule has 1 aromatic rings. The van der Waals surface area contributed by atoms with Crippen LogP contribution in [0, 0.1) is 0 Å². The fourth-order valence-electron chi connectivity index (χ4n) is 1.82. The third-order valence-corrected chi connectivity index (χ3v) is 2.63. The van der Waals surface area contributed by atoms with Crippen LogP contribution in [0.3, 0.4) is 0 Å². The zero-order chi connectivity index (χ0) is 12.8. The molecule has 0 fully saturated rings. The van der Waals surface area contributed by atoms with Gasteiger partial charge in [0.15, 0.2) is 0 Å². The van der Waals surface area contributed by atoms with E-state index in [1.807, 2.05) is 32.0 Å². The van der Waals surface area contributed by atoms with E-state index >= 15 is 0 Å². The number of nitrogens with two attached hydrogens (primary N) is 2. The molecule has 0 aromatic heterocycles. The number of primary amides is 1. The Morgan fingerprint density at radius 2 is 1.88 bits per heavy atom. The van der Waals surface area contributed by atoms with Crippen LogP contribution < -0.4 is 16.5 Å². The van der Waals surface area contributed by atoms with Crippen molar-refractivity contribution in [3.63, 3.8) is 0 Å². The number of hydrazone groups is 1. The molecule has 0 spiro atoms. The zero-order valence-corrected chi connectivity index (χ0v) is 10.2. The van der Waals surface area contributed by atoms with Crippen molar-refractivity contribution < 1.29 is 4.79 Å². The maximum atomic E-state index is 11.4. The molecule has 0 aliphatic heterocycles. The van der Waals surface area contributed by atoms with Gasteiger partial charge < -0.3 is 11.6 Å². The highest BCUT2D eigenvalue weighted by atomic mass is 16.2. The fourth-order valence-corrected chi connectivity index (χ4v) is 1.82. The average molecular weight is 234 g/mol. The van der Waals surface area contributed by atoms with Crippen LogP contribution in [0.2, 0.25) is 0 Å². The standard InChI is InChI=1S/C12H18N4O/c1-3-9-6-5-7-10(4-2)11(9)16(8-15-14)12(13)17/h5-8H,3-4,14H2,1-2H3,(H2,13,17). The minimum atomic E-state index is -0.588. The molecule has 0 aliphatic carbocycles. The number of aryl methyl sites for hydroxylation is 2. The molecule has 17 heavy (non-hydrogen) atoms. The zero-order valence-electron chi connectivity index (χ0n) is 10.2. The van der Waals surface area contributed by atoms with Crippen LogP contribution in [0.5, 0.6) is 0 Å². The Hall–Kier alpha value is -2.04. The van der Waals surface area contributed by atoms with Gasteiger partial charge in [-0.15, -0.1) is 0 Å². The van der Waals surface area contributed by atoms with Gasteiger partial charge in [0.25, 0.3) is 0 Å². The smallest absolute Gasteiger partial charge is 0.324 e. The molecule has 0 heterocycles. The molecule has 2 amide bonds. The van der Waals surface area contributed by atoms with E-state index in [1.165, 1.54) is 11.2 Å². The molecule has 0 saturated carbocycles. The van der Waals surface area contributed by atoms with E-state index in [2.05, 4.69) is 5.10 Å². The first-order valence-electron chi connectivity index (χ1n) is 5.58. The number of amides is 2. The topological polar surface area (TPSA) is 84.7 Å². The normalized spacial score (nSPS) is 10.7. The summed E-state index contributed by atoms with van der Waals surface area (Å²) < 4.78 is 0. The van der Waals surface area contributed by atoms with E-state index in [0.717, 1.165) is 29.7 Å². The van der Waals surface area contributed by atoms with Crippen molar-refractivity contribution in [2.75, 3.05) is 4.90 Å². The molecule has 0 saturated heterocycles. The van der Waals surface area contributed by atoms with Crippen LogP contribution >= 0.6 is 0 Å². The summed E-state index contributed by atoms with van der Waals surface area (Å²) in [5.41, 5.74) is 8.22. The summed E-state index contributed by atoms with van der Waals surface area (Å²) in [5.74, 6) is 5.11. The third-order valence-electron chi connectivity index (χ3n) is 2.63. The van der Waals surface area contributed by atoms with Gasteiger partial charge in [-0.3, -0.25) is 4.90 Å². The number of carbonyl (C=O) groups excluding carboxylic acids is 1. The number of hydrogen-bond donors (Lipinski definition) is 2. The van der Waals surface area contributed by atoms with E-state index in [4.69, 9.17) is 11.6 Å². The van der Waals surface area contributed by atoms with Crippen molar-refractivity contribution in [2.24, 2.45) is 16.7 Å². The Bertz CT molecular complexity index is 406. The lowest BCUT2D eigenvalue weighted by molar-refractivity contribution is 0.256.